The van der Waals surface area contributed by atoms with E-state index in [9.17, 15) is 23.6 Å². The number of rotatable bonds is 6. The second-order valence-electron chi connectivity index (χ2n) is 7.90. The molecule has 1 fully saturated rings. The van der Waals surface area contributed by atoms with Crippen molar-refractivity contribution in [2.75, 3.05) is 16.8 Å². The third-order valence-electron chi connectivity index (χ3n) is 5.28. The second kappa shape index (κ2) is 10.9. The van der Waals surface area contributed by atoms with Crippen molar-refractivity contribution < 1.29 is 28.3 Å². The maximum absolute atomic E-state index is 13.7. The Balaban J connectivity index is 1.50. The third-order valence-corrected chi connectivity index (χ3v) is 6.06. The van der Waals surface area contributed by atoms with Gasteiger partial charge < -0.3 is 10.1 Å². The van der Waals surface area contributed by atoms with Crippen LogP contribution in [-0.4, -0.2) is 30.4 Å². The summed E-state index contributed by atoms with van der Waals surface area (Å²) in [5.74, 6) is -2.65. The molecule has 0 atom stereocenters. The molecule has 5 amide bonds. The molecule has 1 aliphatic heterocycles. The molecule has 37 heavy (non-hydrogen) atoms. The van der Waals surface area contributed by atoms with E-state index in [0.717, 1.165) is 9.37 Å². The van der Waals surface area contributed by atoms with Gasteiger partial charge in [0.1, 0.15) is 17.1 Å². The van der Waals surface area contributed by atoms with Crippen molar-refractivity contribution in [3.05, 3.63) is 92.7 Å². The highest BCUT2D eigenvalue weighted by atomic mass is 79.9. The molecule has 1 heterocycles. The predicted molar refractivity (Wildman–Crippen MR) is 140 cm³/mol. The molecule has 0 radical (unpaired) electrons. The average molecular weight is 587 g/mol. The number of nitrogens with one attached hydrogen (secondary N) is 2. The van der Waals surface area contributed by atoms with Gasteiger partial charge in [-0.1, -0.05) is 45.7 Å². The molecule has 11 heteroatoms. The van der Waals surface area contributed by atoms with Gasteiger partial charge in [-0.15, -0.1) is 0 Å². The summed E-state index contributed by atoms with van der Waals surface area (Å²) in [5.41, 5.74) is 1.12. The fourth-order valence-corrected chi connectivity index (χ4v) is 4.25. The first-order chi connectivity index (χ1) is 17.6. The molecule has 0 bridgehead atoms. The lowest BCUT2D eigenvalue weighted by Gasteiger charge is -2.27. The van der Waals surface area contributed by atoms with Crippen LogP contribution in [0, 0.1) is 12.7 Å². The number of hydrogen-bond donors (Lipinski definition) is 2. The Hall–Kier alpha value is -4.02. The van der Waals surface area contributed by atoms with Crippen molar-refractivity contribution in [3.63, 3.8) is 0 Å². The highest BCUT2D eigenvalue weighted by Crippen LogP contribution is 2.29. The lowest BCUT2D eigenvalue weighted by Crippen LogP contribution is -2.54. The van der Waals surface area contributed by atoms with Gasteiger partial charge in [-0.3, -0.25) is 19.7 Å². The quantitative estimate of drug-likeness (QED) is 0.304. The van der Waals surface area contributed by atoms with Crippen LogP contribution < -0.4 is 20.3 Å². The summed E-state index contributed by atoms with van der Waals surface area (Å²) in [5, 5.41) is 4.67. The molecule has 3 aromatic carbocycles. The zero-order valence-electron chi connectivity index (χ0n) is 19.2. The maximum Gasteiger partial charge on any atom is 0.335 e. The number of anilines is 2. The minimum Gasteiger partial charge on any atom is -0.482 e. The first-order valence-corrected chi connectivity index (χ1v) is 12.0. The van der Waals surface area contributed by atoms with Crippen molar-refractivity contribution in [3.8, 4) is 5.75 Å². The van der Waals surface area contributed by atoms with Gasteiger partial charge in [-0.25, -0.2) is 14.1 Å². The number of imide groups is 2. The van der Waals surface area contributed by atoms with Gasteiger partial charge in [-0.05, 0) is 66.6 Å². The van der Waals surface area contributed by atoms with Crippen LogP contribution in [-0.2, 0) is 14.4 Å². The molecule has 0 unspecified atom stereocenters. The highest BCUT2D eigenvalue weighted by molar-refractivity contribution is 9.10. The minimum absolute atomic E-state index is 0.0189. The zero-order chi connectivity index (χ0) is 26.7. The number of nitrogens with zero attached hydrogens (tertiary/aromatic N) is 1. The van der Waals surface area contributed by atoms with Crippen molar-refractivity contribution >= 4 is 68.7 Å². The number of benzene rings is 3. The number of urea groups is 1. The van der Waals surface area contributed by atoms with Crippen LogP contribution in [0.3, 0.4) is 0 Å². The van der Waals surface area contributed by atoms with Gasteiger partial charge in [0.05, 0.1) is 16.4 Å². The Morgan fingerprint density at radius 3 is 2.59 bits per heavy atom. The van der Waals surface area contributed by atoms with Crippen LogP contribution in [0.5, 0.6) is 5.75 Å². The largest absolute Gasteiger partial charge is 0.482 e. The number of amides is 5. The second-order valence-corrected chi connectivity index (χ2v) is 9.22. The van der Waals surface area contributed by atoms with E-state index < -0.39 is 36.2 Å². The van der Waals surface area contributed by atoms with Crippen molar-refractivity contribution in [2.45, 2.75) is 6.92 Å². The molecule has 0 saturated carbocycles. The average Bonchev–Trinajstić information content (AvgIpc) is 2.84. The third kappa shape index (κ3) is 5.87. The van der Waals surface area contributed by atoms with Gasteiger partial charge in [-0.2, -0.15) is 0 Å². The first-order valence-electron chi connectivity index (χ1n) is 10.8. The van der Waals surface area contributed by atoms with Crippen LogP contribution in [0.2, 0.25) is 5.02 Å². The number of para-hydroxylation sites is 1. The Labute approximate surface area is 224 Å². The topological polar surface area (TPSA) is 105 Å². The molecule has 188 valence electrons. The Morgan fingerprint density at radius 2 is 1.89 bits per heavy atom. The predicted octanol–water partition coefficient (Wildman–Crippen LogP) is 5.23. The summed E-state index contributed by atoms with van der Waals surface area (Å²) in [6, 6.07) is 14.3. The number of carbonyl (C=O) groups is 4. The van der Waals surface area contributed by atoms with Gasteiger partial charge in [0.15, 0.2) is 6.61 Å². The number of ether oxygens (including phenoxy) is 1. The van der Waals surface area contributed by atoms with Crippen LogP contribution in [0.4, 0.5) is 20.6 Å². The lowest BCUT2D eigenvalue weighted by atomic mass is 10.1. The molecule has 1 aliphatic rings. The van der Waals surface area contributed by atoms with E-state index in [0.29, 0.717) is 16.8 Å². The van der Waals surface area contributed by atoms with Crippen LogP contribution in [0.25, 0.3) is 6.08 Å². The molecule has 3 aromatic rings. The van der Waals surface area contributed by atoms with Gasteiger partial charge in [0.25, 0.3) is 17.7 Å². The van der Waals surface area contributed by atoms with Gasteiger partial charge >= 0.3 is 6.03 Å². The lowest BCUT2D eigenvalue weighted by molar-refractivity contribution is -0.122. The summed E-state index contributed by atoms with van der Waals surface area (Å²) in [7, 11) is 0. The maximum atomic E-state index is 13.7. The van der Waals surface area contributed by atoms with Crippen molar-refractivity contribution in [1.82, 2.24) is 5.32 Å². The summed E-state index contributed by atoms with van der Waals surface area (Å²) >= 11 is 9.61. The molecule has 0 spiro atoms. The Morgan fingerprint density at radius 1 is 1.14 bits per heavy atom. The standard InChI is InChI=1S/C26H18BrClFN3O5/c1-14-10-16(27)7-8-21(14)32-25(35)17(24(34)31-26(32)36)11-15-6-9-22(18(28)12-15)37-13-23(33)30-20-5-3-2-4-19(20)29/h2-12H,13H2,1H3,(H,30,33)(H,31,34,36)/b17-11+. The summed E-state index contributed by atoms with van der Waals surface area (Å²) in [4.78, 5) is 51.0. The fraction of sp³-hybridized carbons (Fsp3) is 0.0769. The van der Waals surface area contributed by atoms with E-state index in [1.807, 2.05) is 0 Å². The van der Waals surface area contributed by atoms with Gasteiger partial charge in [0.2, 0.25) is 0 Å². The van der Waals surface area contributed by atoms with Crippen LogP contribution in [0.1, 0.15) is 11.1 Å². The Bertz CT molecular complexity index is 1480. The van der Waals surface area contributed by atoms with E-state index in [1.54, 1.807) is 31.2 Å². The fourth-order valence-electron chi connectivity index (χ4n) is 3.53. The van der Waals surface area contributed by atoms with Crippen molar-refractivity contribution in [1.29, 1.82) is 0 Å². The van der Waals surface area contributed by atoms with Gasteiger partial charge in [0, 0.05) is 4.47 Å². The summed E-state index contributed by atoms with van der Waals surface area (Å²) in [6.45, 7) is 1.30. The van der Waals surface area contributed by atoms with E-state index in [-0.39, 0.29) is 22.0 Å². The first kappa shape index (κ1) is 26.1. The van der Waals surface area contributed by atoms with Crippen LogP contribution >= 0.6 is 27.5 Å². The summed E-state index contributed by atoms with van der Waals surface area (Å²) in [6.07, 6.45) is 1.30. The zero-order valence-corrected chi connectivity index (χ0v) is 21.5. The molecule has 4 rings (SSSR count). The van der Waals surface area contributed by atoms with E-state index in [4.69, 9.17) is 16.3 Å². The molecule has 2 N–H and O–H groups in total. The van der Waals surface area contributed by atoms with Crippen molar-refractivity contribution in [2.24, 2.45) is 0 Å². The van der Waals surface area contributed by atoms with E-state index in [2.05, 4.69) is 26.6 Å². The number of hydrogen-bond acceptors (Lipinski definition) is 5. The normalized spacial score (nSPS) is 14.5. The smallest absolute Gasteiger partial charge is 0.335 e. The summed E-state index contributed by atoms with van der Waals surface area (Å²) < 4.78 is 19.9. The molecular formula is C26H18BrClFN3O5. The number of halogens is 3. The number of aryl methyl sites for hydroxylation is 1. The number of barbiturate groups is 1. The van der Waals surface area contributed by atoms with E-state index >= 15 is 0 Å². The minimum atomic E-state index is -0.854. The highest BCUT2D eigenvalue weighted by Gasteiger charge is 2.37. The number of carbonyl (C=O) groups excluding carboxylic acids is 4. The van der Waals surface area contributed by atoms with E-state index in [1.165, 1.54) is 42.5 Å². The molecular weight excluding hydrogens is 569 g/mol. The molecule has 1 saturated heterocycles. The monoisotopic (exact) mass is 585 g/mol. The van der Waals surface area contributed by atoms with Crippen LogP contribution in [0.15, 0.2) is 70.7 Å². The SMILES string of the molecule is Cc1cc(Br)ccc1N1C(=O)NC(=O)/C(=C\c2ccc(OCC(=O)Nc3ccccc3F)c(Cl)c2)C1=O. The Kier molecular flexibility index (Phi) is 7.70. The molecule has 8 nitrogen and oxygen atoms in total. The molecule has 0 aliphatic carbocycles. The molecule has 0 aromatic heterocycles.